The summed E-state index contributed by atoms with van der Waals surface area (Å²) in [7, 11) is 0. The lowest BCUT2D eigenvalue weighted by atomic mass is 9.67. The summed E-state index contributed by atoms with van der Waals surface area (Å²) >= 11 is 0. The molecule has 2 saturated carbocycles. The number of carboxylic acids is 1. The Labute approximate surface area is 340 Å². The van der Waals surface area contributed by atoms with Crippen molar-refractivity contribution in [2.45, 2.75) is 159 Å². The molecular formula is C48H68N3O6-. The second-order valence-corrected chi connectivity index (χ2v) is 18.1. The topological polar surface area (TPSA) is 171 Å². The maximum Gasteiger partial charge on any atom is 0.309 e. The van der Waals surface area contributed by atoms with E-state index in [2.05, 4.69) is 36.2 Å². The highest BCUT2D eigenvalue weighted by atomic mass is 16.4. The van der Waals surface area contributed by atoms with Crippen molar-refractivity contribution in [3.05, 3.63) is 89.4 Å². The predicted molar refractivity (Wildman–Crippen MR) is 225 cm³/mol. The molecule has 8 atom stereocenters. The molecule has 9 nitrogen and oxygen atoms in total. The number of nitrogens with two attached hydrogens (primary N) is 1. The molecule has 0 amide bonds. The number of nitrogens with zero attached hydrogens (tertiary/aromatic N) is 2. The Morgan fingerprint density at radius 3 is 2.46 bits per heavy atom. The number of hydrogen-bond acceptors (Lipinski definition) is 7. The van der Waals surface area contributed by atoms with Gasteiger partial charge in [-0.25, -0.2) is 4.98 Å². The van der Waals surface area contributed by atoms with Crippen LogP contribution < -0.4 is 10.7 Å². The van der Waals surface area contributed by atoms with Gasteiger partial charge in [0.25, 0.3) is 0 Å². The Balaban J connectivity index is 1.08. The molecule has 2 aromatic heterocycles. The number of aliphatic carboxylic acids is 1. The second-order valence-electron chi connectivity index (χ2n) is 18.1. The van der Waals surface area contributed by atoms with Crippen LogP contribution in [0.1, 0.15) is 145 Å². The first kappa shape index (κ1) is 42.9. The third-order valence-corrected chi connectivity index (χ3v) is 14.2. The number of aliphatic hydroxyl groups is 3. The molecule has 3 aliphatic carbocycles. The van der Waals surface area contributed by atoms with Crippen LogP contribution in [0, 0.1) is 29.6 Å². The van der Waals surface area contributed by atoms with Gasteiger partial charge in [0.2, 0.25) is 0 Å². The number of benzene rings is 1. The summed E-state index contributed by atoms with van der Waals surface area (Å²) in [5.74, 6) is -0.433. The Morgan fingerprint density at radius 2 is 1.74 bits per heavy atom. The molecule has 6 rings (SSSR count). The molecule has 0 spiro atoms. The minimum atomic E-state index is -1.09. The average Bonchev–Trinajstić information content (AvgIpc) is 3.94. The van der Waals surface area contributed by atoms with Crippen molar-refractivity contribution >= 4 is 11.8 Å². The van der Waals surface area contributed by atoms with Gasteiger partial charge in [0.05, 0.1) is 23.7 Å². The van der Waals surface area contributed by atoms with Crippen molar-refractivity contribution in [1.29, 1.82) is 0 Å². The molecule has 0 unspecified atom stereocenters. The third kappa shape index (κ3) is 11.1. The quantitative estimate of drug-likeness (QED) is 0.0457. The van der Waals surface area contributed by atoms with E-state index in [1.54, 1.807) is 18.3 Å². The molecule has 0 bridgehead atoms. The highest BCUT2D eigenvalue weighted by Crippen LogP contribution is 2.57. The lowest BCUT2D eigenvalue weighted by Gasteiger charge is -2.37. The molecule has 2 fully saturated rings. The van der Waals surface area contributed by atoms with Gasteiger partial charge in [-0.05, 0) is 136 Å². The summed E-state index contributed by atoms with van der Waals surface area (Å²) in [5.41, 5.74) is 9.26. The number of anilines is 1. The fraction of sp³-hybridized carbons (Fsp3) is 0.625. The molecule has 3 aromatic rings. The van der Waals surface area contributed by atoms with E-state index in [0.717, 1.165) is 81.0 Å². The summed E-state index contributed by atoms with van der Waals surface area (Å²) in [6.07, 6.45) is 23.6. The van der Waals surface area contributed by atoms with E-state index in [0.29, 0.717) is 50.3 Å². The second kappa shape index (κ2) is 19.9. The van der Waals surface area contributed by atoms with Crippen molar-refractivity contribution in [1.82, 2.24) is 9.97 Å². The number of aromatic hydroxyl groups is 1. The van der Waals surface area contributed by atoms with Crippen LogP contribution in [0.5, 0.6) is 5.75 Å². The fourth-order valence-electron chi connectivity index (χ4n) is 10.9. The maximum atomic E-state index is 12.7. The molecule has 0 radical (unpaired) electrons. The van der Waals surface area contributed by atoms with E-state index < -0.39 is 23.6 Å². The van der Waals surface area contributed by atoms with Gasteiger partial charge in [-0.3, -0.25) is 4.79 Å². The minimum absolute atomic E-state index is 0.109. The first-order valence-electron chi connectivity index (χ1n) is 22.1. The van der Waals surface area contributed by atoms with E-state index in [1.165, 1.54) is 24.8 Å². The Morgan fingerprint density at radius 1 is 0.965 bits per heavy atom. The molecule has 0 aliphatic heterocycles. The number of aliphatic hydroxyl groups excluding tert-OH is 2. The average molecular weight is 783 g/mol. The lowest BCUT2D eigenvalue weighted by Crippen LogP contribution is -2.38. The molecule has 7 N–H and O–H groups in total. The van der Waals surface area contributed by atoms with E-state index >= 15 is 0 Å². The van der Waals surface area contributed by atoms with Crippen LogP contribution in [0.4, 0.5) is 5.82 Å². The molecular weight excluding hydrogens is 715 g/mol. The number of phenols is 1. The van der Waals surface area contributed by atoms with Crippen molar-refractivity contribution < 1.29 is 30.3 Å². The number of hydrogen-bond donors (Lipinski definition) is 6. The van der Waals surface area contributed by atoms with E-state index in [9.17, 15) is 30.3 Å². The standard InChI is InChI=1S/C48H68N3O6/c1-2-3-5-10-33-13-16-36(44(54)27-33)11-6-4-7-12-42(46(55)56)43(53)19-23-48(57)31-39(47(21-8-9-22-47)37-20-24-50-45(49)30-37)28-38(48)29-40-26-35(32-51-40)25-34-14-17-41(52)18-15-34/h13-18,20,24,26,30,32-33,36,38-39,42-44,52-54,57H,2-12,19,21-23,25,27-29,31H2,1H3,(H2,49,50)(H,55,56)/q-1/t33-,36-,38-,39-,42-,43+,44+,48+/m0/s1. The van der Waals surface area contributed by atoms with Gasteiger partial charge in [-0.1, -0.05) is 94.2 Å². The molecule has 1 aromatic carbocycles. The van der Waals surface area contributed by atoms with E-state index in [1.807, 2.05) is 24.4 Å². The number of pyridine rings is 1. The fourth-order valence-corrected chi connectivity index (χ4v) is 10.9. The highest BCUT2D eigenvalue weighted by molar-refractivity contribution is 5.70. The lowest BCUT2D eigenvalue weighted by molar-refractivity contribution is -0.146. The number of carbonyl (C=O) groups is 1. The van der Waals surface area contributed by atoms with Gasteiger partial charge in [-0.15, -0.1) is 0 Å². The Bertz CT molecular complexity index is 1730. The van der Waals surface area contributed by atoms with Crippen LogP contribution in [-0.2, 0) is 23.1 Å². The van der Waals surface area contributed by atoms with E-state index in [-0.39, 0.29) is 41.4 Å². The Hall–Kier alpha value is -3.66. The molecule has 312 valence electrons. The van der Waals surface area contributed by atoms with Crippen LogP contribution in [-0.4, -0.2) is 54.3 Å². The zero-order valence-corrected chi connectivity index (χ0v) is 34.2. The number of allylic oxidation sites excluding steroid dienone is 1. The van der Waals surface area contributed by atoms with Crippen molar-refractivity contribution in [2.24, 2.45) is 29.6 Å². The van der Waals surface area contributed by atoms with Gasteiger partial charge in [0.15, 0.2) is 0 Å². The smallest absolute Gasteiger partial charge is 0.309 e. The van der Waals surface area contributed by atoms with E-state index in [4.69, 9.17) is 10.7 Å². The largest absolute Gasteiger partial charge is 0.667 e. The van der Waals surface area contributed by atoms with Crippen LogP contribution in [0.15, 0.2) is 67.0 Å². The van der Waals surface area contributed by atoms with Crippen molar-refractivity contribution in [2.75, 3.05) is 5.73 Å². The van der Waals surface area contributed by atoms with Crippen molar-refractivity contribution in [3.63, 3.8) is 0 Å². The van der Waals surface area contributed by atoms with Crippen molar-refractivity contribution in [3.8, 4) is 5.75 Å². The molecule has 9 heteroatoms. The van der Waals surface area contributed by atoms with Gasteiger partial charge >= 0.3 is 5.97 Å². The number of aromatic nitrogens is 2. The Kier molecular flexibility index (Phi) is 15.0. The number of unbranched alkanes of at least 4 members (excludes halogenated alkanes) is 4. The van der Waals surface area contributed by atoms with Gasteiger partial charge < -0.3 is 36.3 Å². The van der Waals surface area contributed by atoms with Crippen LogP contribution in [0.3, 0.4) is 0 Å². The molecule has 3 aliphatic rings. The first-order valence-corrected chi connectivity index (χ1v) is 22.1. The van der Waals surface area contributed by atoms with Crippen LogP contribution in [0.25, 0.3) is 0 Å². The van der Waals surface area contributed by atoms with Crippen LogP contribution in [0.2, 0.25) is 0 Å². The predicted octanol–water partition coefficient (Wildman–Crippen LogP) is 8.66. The monoisotopic (exact) mass is 783 g/mol. The minimum Gasteiger partial charge on any atom is -0.667 e. The maximum absolute atomic E-state index is 12.7. The number of phenolic OH excluding ortho intramolecular Hbond substituents is 1. The summed E-state index contributed by atoms with van der Waals surface area (Å²) in [4.78, 5) is 21.6. The highest BCUT2D eigenvalue weighted by Gasteiger charge is 2.54. The molecule has 57 heavy (non-hydrogen) atoms. The van der Waals surface area contributed by atoms with Gasteiger partial charge in [0, 0.05) is 12.1 Å². The normalized spacial score (nSPS) is 26.8. The zero-order chi connectivity index (χ0) is 40.4. The third-order valence-electron chi connectivity index (χ3n) is 14.2. The zero-order valence-electron chi connectivity index (χ0n) is 34.2. The van der Waals surface area contributed by atoms with Gasteiger partial charge in [0.1, 0.15) is 11.6 Å². The molecule has 0 saturated heterocycles. The number of carboxylic acid groups (broad SMARTS) is 1. The van der Waals surface area contributed by atoms with Gasteiger partial charge in [-0.2, -0.15) is 11.9 Å². The summed E-state index contributed by atoms with van der Waals surface area (Å²) < 4.78 is 0. The van der Waals surface area contributed by atoms with Crippen LogP contribution >= 0.6 is 0 Å². The number of nitrogen functional groups attached to an aromatic ring is 1. The summed E-state index contributed by atoms with van der Waals surface area (Å²) in [6, 6.07) is 13.4. The SMILES string of the molecule is CCCCC[C@H]1C=C[C@H](CCCCC[C@H](C(=O)O)[C@H](O)CC[C@@]2(O)C[C@@H](C3(c4ccnc(N)c4)CCCC3)C[C@H]2Cc2cc(Cc3ccc(O)cc3)c[n-]2)[C@H](O)C1. The molecule has 2 heterocycles. The summed E-state index contributed by atoms with van der Waals surface area (Å²) in [5, 5.41) is 54.9. The summed E-state index contributed by atoms with van der Waals surface area (Å²) in [6.45, 7) is 2.21. The first-order chi connectivity index (χ1) is 27.5. The number of rotatable bonds is 21.